The van der Waals surface area contributed by atoms with Gasteiger partial charge in [0.15, 0.2) is 0 Å². The first kappa shape index (κ1) is 15.8. The third kappa shape index (κ3) is 3.35. The Morgan fingerprint density at radius 1 is 1.25 bits per heavy atom. The van der Waals surface area contributed by atoms with Crippen LogP contribution in [0, 0.1) is 13.8 Å². The zero-order chi connectivity index (χ0) is 14.9. The summed E-state index contributed by atoms with van der Waals surface area (Å²) in [6.07, 6.45) is 2.96. The molecule has 6 heteroatoms. The molecule has 112 valence electrons. The summed E-state index contributed by atoms with van der Waals surface area (Å²) in [4.78, 5) is 0. The Bertz CT molecular complexity index is 578. The van der Waals surface area contributed by atoms with Crippen molar-refractivity contribution in [3.05, 3.63) is 27.7 Å². The lowest BCUT2D eigenvalue weighted by molar-refractivity contribution is 0.270. The van der Waals surface area contributed by atoms with Crippen molar-refractivity contribution in [2.45, 2.75) is 46.1 Å². The minimum atomic E-state index is -3.46. The molecule has 4 nitrogen and oxygen atoms in total. The van der Waals surface area contributed by atoms with E-state index in [0.717, 1.165) is 34.9 Å². The van der Waals surface area contributed by atoms with Crippen molar-refractivity contribution in [2.24, 2.45) is 0 Å². The zero-order valence-electron chi connectivity index (χ0n) is 12.1. The van der Waals surface area contributed by atoms with Gasteiger partial charge < -0.3 is 0 Å². The Balaban J connectivity index is 2.24. The van der Waals surface area contributed by atoms with Crippen molar-refractivity contribution in [1.29, 1.82) is 0 Å². The van der Waals surface area contributed by atoms with Crippen molar-refractivity contribution in [3.8, 4) is 0 Å². The number of benzene rings is 1. The predicted molar refractivity (Wildman–Crippen MR) is 86.2 cm³/mol. The molecule has 1 fully saturated rings. The lowest BCUT2D eigenvalue weighted by Gasteiger charge is -2.32. The van der Waals surface area contributed by atoms with Crippen LogP contribution in [0.15, 0.2) is 16.6 Å². The fourth-order valence-corrected chi connectivity index (χ4v) is 4.35. The molecule has 1 aromatic carbocycles. The molecule has 1 atom stereocenters. The maximum atomic E-state index is 12.5. The number of aryl methyl sites for hydroxylation is 2. The van der Waals surface area contributed by atoms with Gasteiger partial charge in [-0.05, 0) is 56.9 Å². The standard InChI is InChI=1S/C14H21BrN2O2S/c1-10-8-13(9-11(2)14(10)15)16-20(18,19)17-7-5-4-6-12(17)3/h8-9,12,16H,4-7H2,1-3H3. The second kappa shape index (κ2) is 6.03. The number of piperidine rings is 1. The first-order valence-electron chi connectivity index (χ1n) is 6.87. The van der Waals surface area contributed by atoms with Crippen LogP contribution in [-0.4, -0.2) is 25.3 Å². The average Bonchev–Trinajstić information content (AvgIpc) is 2.35. The second-order valence-electron chi connectivity index (χ2n) is 5.49. The van der Waals surface area contributed by atoms with Gasteiger partial charge in [0.1, 0.15) is 0 Å². The lowest BCUT2D eigenvalue weighted by Crippen LogP contribution is -2.44. The van der Waals surface area contributed by atoms with Crippen LogP contribution < -0.4 is 4.72 Å². The average molecular weight is 361 g/mol. The van der Waals surface area contributed by atoms with Crippen LogP contribution >= 0.6 is 15.9 Å². The van der Waals surface area contributed by atoms with Gasteiger partial charge in [-0.3, -0.25) is 4.72 Å². The van der Waals surface area contributed by atoms with Gasteiger partial charge in [0.05, 0.1) is 5.69 Å². The first-order valence-corrected chi connectivity index (χ1v) is 9.11. The molecule has 1 aromatic rings. The van der Waals surface area contributed by atoms with Crippen LogP contribution in [0.25, 0.3) is 0 Å². The van der Waals surface area contributed by atoms with E-state index in [1.165, 1.54) is 0 Å². The Morgan fingerprint density at radius 2 is 1.85 bits per heavy atom. The molecule has 1 aliphatic rings. The van der Waals surface area contributed by atoms with Crippen molar-refractivity contribution in [2.75, 3.05) is 11.3 Å². The topological polar surface area (TPSA) is 49.4 Å². The second-order valence-corrected chi connectivity index (χ2v) is 7.90. The Morgan fingerprint density at radius 3 is 2.40 bits per heavy atom. The molecule has 0 radical (unpaired) electrons. The molecule has 1 heterocycles. The van der Waals surface area contributed by atoms with Crippen LogP contribution in [0.2, 0.25) is 0 Å². The number of nitrogens with one attached hydrogen (secondary N) is 1. The molecule has 1 unspecified atom stereocenters. The van der Waals surface area contributed by atoms with E-state index < -0.39 is 10.2 Å². The summed E-state index contributed by atoms with van der Waals surface area (Å²) >= 11 is 3.49. The minimum Gasteiger partial charge on any atom is -0.271 e. The highest BCUT2D eigenvalue weighted by molar-refractivity contribution is 9.10. The highest BCUT2D eigenvalue weighted by atomic mass is 79.9. The molecule has 0 aromatic heterocycles. The normalized spacial score (nSPS) is 20.9. The van der Waals surface area contributed by atoms with Crippen LogP contribution in [0.1, 0.15) is 37.3 Å². The molecule has 0 amide bonds. The van der Waals surface area contributed by atoms with E-state index in [0.29, 0.717) is 12.2 Å². The van der Waals surface area contributed by atoms with Gasteiger partial charge in [-0.15, -0.1) is 0 Å². The van der Waals surface area contributed by atoms with E-state index in [9.17, 15) is 8.42 Å². The van der Waals surface area contributed by atoms with E-state index in [4.69, 9.17) is 0 Å². The summed E-state index contributed by atoms with van der Waals surface area (Å²) in [6.45, 7) is 6.48. The van der Waals surface area contributed by atoms with Gasteiger partial charge in [0.25, 0.3) is 0 Å². The molecule has 0 bridgehead atoms. The highest BCUT2D eigenvalue weighted by Crippen LogP contribution is 2.27. The van der Waals surface area contributed by atoms with E-state index in [2.05, 4.69) is 20.7 Å². The number of halogens is 1. The Hall–Kier alpha value is -0.590. The van der Waals surface area contributed by atoms with Crippen molar-refractivity contribution in [1.82, 2.24) is 4.31 Å². The molecule has 1 aliphatic heterocycles. The Labute approximate surface area is 129 Å². The molecule has 2 rings (SSSR count). The molecule has 0 aliphatic carbocycles. The maximum absolute atomic E-state index is 12.5. The van der Waals surface area contributed by atoms with E-state index >= 15 is 0 Å². The third-order valence-electron chi connectivity index (χ3n) is 3.73. The number of hydrogen-bond acceptors (Lipinski definition) is 2. The minimum absolute atomic E-state index is 0.0684. The number of nitrogens with zero attached hydrogens (tertiary/aromatic N) is 1. The maximum Gasteiger partial charge on any atom is 0.301 e. The summed E-state index contributed by atoms with van der Waals surface area (Å²) < 4.78 is 30.2. The molecular weight excluding hydrogens is 340 g/mol. The summed E-state index contributed by atoms with van der Waals surface area (Å²) in [6, 6.07) is 3.77. The molecule has 1 N–H and O–H groups in total. The van der Waals surface area contributed by atoms with E-state index in [1.54, 1.807) is 4.31 Å². The molecule has 1 saturated heterocycles. The van der Waals surface area contributed by atoms with Crippen molar-refractivity contribution in [3.63, 3.8) is 0 Å². The van der Waals surface area contributed by atoms with Gasteiger partial charge in [-0.25, -0.2) is 0 Å². The molecule has 20 heavy (non-hydrogen) atoms. The van der Waals surface area contributed by atoms with E-state index in [-0.39, 0.29) is 6.04 Å². The van der Waals surface area contributed by atoms with Crippen molar-refractivity contribution < 1.29 is 8.42 Å². The fourth-order valence-electron chi connectivity index (χ4n) is 2.64. The smallest absolute Gasteiger partial charge is 0.271 e. The number of rotatable bonds is 3. The van der Waals surface area contributed by atoms with Gasteiger partial charge in [-0.2, -0.15) is 12.7 Å². The van der Waals surface area contributed by atoms with Crippen LogP contribution in [0.3, 0.4) is 0 Å². The monoisotopic (exact) mass is 360 g/mol. The summed E-state index contributed by atoms with van der Waals surface area (Å²) in [7, 11) is -3.46. The molecular formula is C14H21BrN2O2S. The molecule has 0 saturated carbocycles. The SMILES string of the molecule is Cc1cc(NS(=O)(=O)N2CCCCC2C)cc(C)c1Br. The quantitative estimate of drug-likeness (QED) is 0.894. The fraction of sp³-hybridized carbons (Fsp3) is 0.571. The third-order valence-corrected chi connectivity index (χ3v) is 6.64. The van der Waals surface area contributed by atoms with E-state index in [1.807, 2.05) is 32.9 Å². The van der Waals surface area contributed by atoms with Gasteiger partial charge in [-0.1, -0.05) is 22.4 Å². The summed E-state index contributed by atoms with van der Waals surface area (Å²) in [5.74, 6) is 0. The number of hydrogen-bond donors (Lipinski definition) is 1. The number of anilines is 1. The highest BCUT2D eigenvalue weighted by Gasteiger charge is 2.29. The largest absolute Gasteiger partial charge is 0.301 e. The van der Waals surface area contributed by atoms with Gasteiger partial charge in [0, 0.05) is 17.1 Å². The predicted octanol–water partition coefficient (Wildman–Crippen LogP) is 3.60. The van der Waals surface area contributed by atoms with Crippen LogP contribution in [-0.2, 0) is 10.2 Å². The van der Waals surface area contributed by atoms with Crippen LogP contribution in [0.4, 0.5) is 5.69 Å². The van der Waals surface area contributed by atoms with Crippen molar-refractivity contribution >= 4 is 31.8 Å². The lowest BCUT2D eigenvalue weighted by atomic mass is 10.1. The molecule has 0 spiro atoms. The summed E-state index contributed by atoms with van der Waals surface area (Å²) in [5, 5.41) is 0. The van der Waals surface area contributed by atoms with Crippen LogP contribution in [0.5, 0.6) is 0 Å². The Kier molecular flexibility index (Phi) is 4.76. The zero-order valence-corrected chi connectivity index (χ0v) is 14.5. The first-order chi connectivity index (χ1) is 9.31. The van der Waals surface area contributed by atoms with Gasteiger partial charge >= 0.3 is 10.2 Å². The van der Waals surface area contributed by atoms with Gasteiger partial charge in [0.2, 0.25) is 0 Å². The summed E-state index contributed by atoms with van der Waals surface area (Å²) in [5.41, 5.74) is 2.67.